The van der Waals surface area contributed by atoms with Gasteiger partial charge in [-0.05, 0) is 90.7 Å². The van der Waals surface area contributed by atoms with Crippen LogP contribution in [0, 0.1) is 48.1 Å². The van der Waals surface area contributed by atoms with E-state index < -0.39 is 148 Å². The minimum absolute atomic E-state index is 0.0302. The molecule has 10 rings (SSSR count). The van der Waals surface area contributed by atoms with E-state index in [-0.39, 0.29) is 73.3 Å². The van der Waals surface area contributed by atoms with Gasteiger partial charge in [0.15, 0.2) is 30.9 Å². The highest BCUT2D eigenvalue weighted by Crippen LogP contribution is 2.42. The third kappa shape index (κ3) is 19.5. The number of ether oxygens (including phenoxy) is 12. The number of nitro groups is 3. The molecule has 4 aliphatic rings. The van der Waals surface area contributed by atoms with Crippen LogP contribution in [0.15, 0.2) is 169 Å². The number of non-ortho nitro benzene ring substituents is 3. The van der Waals surface area contributed by atoms with Gasteiger partial charge in [-0.15, -0.1) is 0 Å². The Balaban J connectivity index is 1.12. The van der Waals surface area contributed by atoms with Crippen molar-refractivity contribution in [1.82, 2.24) is 0 Å². The first-order chi connectivity index (χ1) is 48.8. The van der Waals surface area contributed by atoms with Crippen molar-refractivity contribution in [3.05, 3.63) is 238 Å². The Morgan fingerprint density at radius 1 is 0.554 bits per heavy atom. The summed E-state index contributed by atoms with van der Waals surface area (Å²) < 4.78 is 78.6. The zero-order valence-corrected chi connectivity index (χ0v) is 55.4. The summed E-state index contributed by atoms with van der Waals surface area (Å²) in [5.74, 6) is -6.87. The first-order valence-electron chi connectivity index (χ1n) is 33.1. The van der Waals surface area contributed by atoms with Crippen molar-refractivity contribution >= 4 is 46.9 Å². The quantitative estimate of drug-likeness (QED) is 0.00800. The van der Waals surface area contributed by atoms with Crippen molar-refractivity contribution in [2.75, 3.05) is 13.7 Å². The molecule has 2 saturated heterocycles. The predicted molar refractivity (Wildman–Crippen MR) is 354 cm³/mol. The molecule has 29 nitrogen and oxygen atoms in total. The SMILES string of the molecule is COC(=O)C1CC(N=[N+]=[N-])[C@@H](O[C@@H]2OC(C)[C@@H](C)[C@H](OCc3ccccc3)C2OCc2ccccc2)[C@H](O[C@@H]2O[C@@H](COC(=O)c3ccc([N+](=O)[O-])cc3)[C@H](OC(=O)c3ccc([N+](=O)[O-])cc3)C(O[C@@H](CC3CCCCC3)C(=O)OCc3ccccc3)C2OC(=O)c2ccc([N+](=O)[O-])cc2)C1. The second-order valence-corrected chi connectivity index (χ2v) is 25.0. The van der Waals surface area contributed by atoms with Crippen LogP contribution in [0.3, 0.4) is 0 Å². The monoisotopic (exact) mass is 1390 g/mol. The molecule has 0 spiro atoms. The Bertz CT molecular complexity index is 3850. The molecular weight excluding hydrogens is 1320 g/mol. The minimum Gasteiger partial charge on any atom is -0.469 e. The summed E-state index contributed by atoms with van der Waals surface area (Å²) in [6.45, 7) is 2.75. The number of nitro benzene ring substituents is 3. The summed E-state index contributed by atoms with van der Waals surface area (Å²) in [7, 11) is 1.15. The average molecular weight is 1390 g/mol. The molecule has 2 saturated carbocycles. The molecule has 2 aliphatic heterocycles. The van der Waals surface area contributed by atoms with E-state index >= 15 is 9.59 Å². The molecule has 0 amide bonds. The van der Waals surface area contributed by atoms with E-state index in [1.54, 1.807) is 30.3 Å². The van der Waals surface area contributed by atoms with Crippen LogP contribution < -0.4 is 0 Å². The van der Waals surface area contributed by atoms with E-state index in [1.165, 1.54) is 0 Å². The maximum Gasteiger partial charge on any atom is 0.338 e. The first-order valence-corrected chi connectivity index (χ1v) is 33.1. The van der Waals surface area contributed by atoms with E-state index in [1.807, 2.05) is 74.5 Å². The van der Waals surface area contributed by atoms with Gasteiger partial charge in [-0.25, -0.2) is 19.2 Å². The Labute approximate surface area is 579 Å². The second-order valence-electron chi connectivity index (χ2n) is 25.0. The fourth-order valence-electron chi connectivity index (χ4n) is 12.8. The van der Waals surface area contributed by atoms with E-state index in [2.05, 4.69) is 10.0 Å². The van der Waals surface area contributed by atoms with Crippen molar-refractivity contribution in [3.8, 4) is 0 Å². The maximum atomic E-state index is 15.1. The highest BCUT2D eigenvalue weighted by Gasteiger charge is 2.57. The number of carbonyl (C=O) groups excluding carboxylic acids is 5. The van der Waals surface area contributed by atoms with Crippen LogP contribution in [0.25, 0.3) is 10.4 Å². The number of azide groups is 1. The van der Waals surface area contributed by atoms with E-state index in [0.29, 0.717) is 18.4 Å². The Hall–Kier alpha value is -10.1. The van der Waals surface area contributed by atoms with Crippen LogP contribution in [0.2, 0.25) is 0 Å². The molecule has 29 heteroatoms. The van der Waals surface area contributed by atoms with Crippen LogP contribution in [0.5, 0.6) is 0 Å². The molecule has 0 bridgehead atoms. The molecule has 15 atom stereocenters. The number of rotatable bonds is 29. The number of hydrogen-bond donors (Lipinski definition) is 0. The average Bonchev–Trinajstić information content (AvgIpc) is 0.768. The van der Waals surface area contributed by atoms with Gasteiger partial charge in [0.1, 0.15) is 31.5 Å². The van der Waals surface area contributed by atoms with Crippen molar-refractivity contribution in [2.24, 2.45) is 22.9 Å². The van der Waals surface area contributed by atoms with Crippen molar-refractivity contribution in [1.29, 1.82) is 0 Å². The normalized spacial score (nSPS) is 25.4. The standard InChI is InChI=1S/C72H76N6O23/c1-43-44(2)95-71(64(92-40-47-20-12-6-13-21-47)60(43)91-39-46-18-10-5-11-19-46)101-61-56(74-75-73)37-52(66(79)90-3)38-57(61)97-72-65(100-69(82)51-28-34-55(35-29-51)78(88)89)63(96-58(36-45-16-8-4-9-17-45)70(83)93-41-48-22-14-7-15-23-48)62(99-68(81)50-26-32-54(33-27-50)77(86)87)59(98-72)42-94-67(80)49-24-30-53(31-25-49)76(84)85/h5-7,10-15,18-35,43-45,52,56-65,71-72H,4,8-9,16-17,36-42H2,1-3H3/t43-,44?,52?,56?,57-,58+,59+,60+,61-,62+,63?,64?,65?,71+,72-/m1/s1. The van der Waals surface area contributed by atoms with Gasteiger partial charge in [0.05, 0.1) is 88.2 Å². The largest absolute Gasteiger partial charge is 0.469 e. The van der Waals surface area contributed by atoms with E-state index in [0.717, 1.165) is 110 Å². The summed E-state index contributed by atoms with van der Waals surface area (Å²) in [6, 6.07) is 39.0. The fourth-order valence-corrected chi connectivity index (χ4v) is 12.8. The van der Waals surface area contributed by atoms with Gasteiger partial charge in [-0.1, -0.05) is 135 Å². The lowest BCUT2D eigenvalue weighted by Gasteiger charge is -2.49. The Morgan fingerprint density at radius 3 is 1.54 bits per heavy atom. The molecule has 532 valence electrons. The molecule has 0 N–H and O–H groups in total. The number of esters is 5. The van der Waals surface area contributed by atoms with Gasteiger partial charge in [0, 0.05) is 47.2 Å². The molecule has 0 radical (unpaired) electrons. The van der Waals surface area contributed by atoms with Crippen molar-refractivity contribution < 1.29 is 95.6 Å². The number of benzene rings is 6. The third-order valence-corrected chi connectivity index (χ3v) is 18.4. The first kappa shape index (κ1) is 73.6. The lowest BCUT2D eigenvalue weighted by Crippen LogP contribution is -2.65. The summed E-state index contributed by atoms with van der Waals surface area (Å²) in [4.78, 5) is 110. The van der Waals surface area contributed by atoms with Crippen LogP contribution >= 0.6 is 0 Å². The smallest absolute Gasteiger partial charge is 0.338 e. The lowest BCUT2D eigenvalue weighted by molar-refractivity contribution is -0.385. The minimum atomic E-state index is -2.10. The summed E-state index contributed by atoms with van der Waals surface area (Å²) in [5, 5.41) is 39.7. The molecule has 6 aromatic carbocycles. The van der Waals surface area contributed by atoms with Crippen LogP contribution in [-0.4, -0.2) is 138 Å². The van der Waals surface area contributed by atoms with Gasteiger partial charge < -0.3 is 56.8 Å². The third-order valence-electron chi connectivity index (χ3n) is 18.4. The zero-order valence-electron chi connectivity index (χ0n) is 55.4. The summed E-state index contributed by atoms with van der Waals surface area (Å²) in [6.07, 6.45) is -15.3. The molecule has 101 heavy (non-hydrogen) atoms. The highest BCUT2D eigenvalue weighted by molar-refractivity contribution is 5.91. The topological polar surface area (TPSA) is 374 Å². The molecule has 4 fully saturated rings. The predicted octanol–water partition coefficient (Wildman–Crippen LogP) is 11.8. The lowest BCUT2D eigenvalue weighted by atomic mass is 9.81. The molecule has 6 unspecified atom stereocenters. The maximum absolute atomic E-state index is 15.1. The Kier molecular flexibility index (Phi) is 25.7. The van der Waals surface area contributed by atoms with Crippen molar-refractivity contribution in [3.63, 3.8) is 0 Å². The molecule has 0 aromatic heterocycles. The fraction of sp³-hybridized carbons (Fsp3) is 0.431. The van der Waals surface area contributed by atoms with Gasteiger partial charge in [-0.3, -0.25) is 35.1 Å². The molecule has 2 heterocycles. The number of methoxy groups -OCH3 is 1. The van der Waals surface area contributed by atoms with Crippen LogP contribution in [0.1, 0.15) is 113 Å². The van der Waals surface area contributed by atoms with Gasteiger partial charge in [0.2, 0.25) is 0 Å². The Morgan fingerprint density at radius 2 is 1.04 bits per heavy atom. The summed E-state index contributed by atoms with van der Waals surface area (Å²) >= 11 is 0. The van der Waals surface area contributed by atoms with Gasteiger partial charge in [0.25, 0.3) is 17.1 Å². The van der Waals surface area contributed by atoms with Crippen molar-refractivity contribution in [2.45, 2.75) is 165 Å². The van der Waals surface area contributed by atoms with E-state index in [4.69, 9.17) is 56.8 Å². The van der Waals surface area contributed by atoms with Gasteiger partial charge in [-0.2, -0.15) is 0 Å². The summed E-state index contributed by atoms with van der Waals surface area (Å²) in [5.41, 5.74) is 10.7. The molecule has 6 aromatic rings. The van der Waals surface area contributed by atoms with E-state index in [9.17, 15) is 50.3 Å². The second kappa shape index (κ2) is 35.3. The molecular formula is C72H76N6O23. The number of nitrogens with zero attached hydrogens (tertiary/aromatic N) is 6. The highest BCUT2D eigenvalue weighted by atomic mass is 16.8. The zero-order chi connectivity index (χ0) is 71.5. The number of hydrogen-bond acceptors (Lipinski definition) is 24. The van der Waals surface area contributed by atoms with Crippen LogP contribution in [-0.2, 0) is 86.3 Å². The molecule has 2 aliphatic carbocycles. The van der Waals surface area contributed by atoms with Gasteiger partial charge >= 0.3 is 29.8 Å². The van der Waals surface area contributed by atoms with Crippen LogP contribution in [0.4, 0.5) is 17.1 Å². The number of carbonyl (C=O) groups is 5.